The van der Waals surface area contributed by atoms with Crippen molar-refractivity contribution in [3.8, 4) is 5.75 Å². The van der Waals surface area contributed by atoms with E-state index in [1.807, 2.05) is 12.1 Å². The molecule has 3 aromatic rings. The van der Waals surface area contributed by atoms with Gasteiger partial charge in [-0.25, -0.2) is 4.99 Å². The Morgan fingerprint density at radius 2 is 1.65 bits per heavy atom. The normalized spacial score (nSPS) is 14.6. The molecule has 154 valence electrons. The van der Waals surface area contributed by atoms with E-state index in [0.717, 1.165) is 5.56 Å². The molecule has 0 radical (unpaired) electrons. The third-order valence-corrected chi connectivity index (χ3v) is 4.95. The zero-order chi connectivity index (χ0) is 22.0. The van der Waals surface area contributed by atoms with Crippen LogP contribution in [-0.4, -0.2) is 23.8 Å². The molecule has 3 aromatic carbocycles. The maximum atomic E-state index is 13.3. The molecule has 1 heterocycles. The van der Waals surface area contributed by atoms with E-state index in [0.29, 0.717) is 27.9 Å². The van der Waals surface area contributed by atoms with E-state index in [2.05, 4.69) is 4.99 Å². The number of hydrogen-bond acceptors (Lipinski definition) is 5. The van der Waals surface area contributed by atoms with Crippen LogP contribution in [0.3, 0.4) is 0 Å². The number of ether oxygens (including phenoxy) is 1. The maximum absolute atomic E-state index is 13.3. The van der Waals surface area contributed by atoms with E-state index in [-0.39, 0.29) is 17.3 Å². The van der Waals surface area contributed by atoms with Crippen LogP contribution in [0.2, 0.25) is 5.02 Å². The van der Waals surface area contributed by atoms with Gasteiger partial charge in [-0.05, 0) is 72.3 Å². The van der Waals surface area contributed by atoms with Crippen LogP contribution < -0.4 is 9.64 Å². The Balaban J connectivity index is 1.77. The first-order valence-corrected chi connectivity index (χ1v) is 9.63. The van der Waals surface area contributed by atoms with Crippen LogP contribution in [0.4, 0.5) is 11.4 Å². The largest absolute Gasteiger partial charge is 0.497 e. The number of hydrogen-bond donors (Lipinski definition) is 0. The summed E-state index contributed by atoms with van der Waals surface area (Å²) in [4.78, 5) is 29.7. The first-order chi connectivity index (χ1) is 15.0. The molecule has 0 atom stereocenters. The number of amides is 1. The number of anilines is 1. The van der Waals surface area contributed by atoms with Gasteiger partial charge in [0.2, 0.25) is 0 Å². The minimum Gasteiger partial charge on any atom is -0.497 e. The fourth-order valence-corrected chi connectivity index (χ4v) is 3.26. The molecule has 0 saturated carbocycles. The molecule has 1 amide bonds. The Bertz CT molecular complexity index is 1200. The van der Waals surface area contributed by atoms with Gasteiger partial charge in [0.25, 0.3) is 11.6 Å². The average Bonchev–Trinajstić information content (AvgIpc) is 3.10. The quantitative estimate of drug-likeness (QED) is 0.318. The van der Waals surface area contributed by atoms with E-state index < -0.39 is 4.92 Å². The summed E-state index contributed by atoms with van der Waals surface area (Å²) in [7, 11) is 1.58. The summed E-state index contributed by atoms with van der Waals surface area (Å²) >= 11 is 6.01. The lowest BCUT2D eigenvalue weighted by molar-refractivity contribution is -0.384. The van der Waals surface area contributed by atoms with Crippen molar-refractivity contribution in [3.05, 3.63) is 105 Å². The number of nitro groups is 1. The Morgan fingerprint density at radius 1 is 1.00 bits per heavy atom. The van der Waals surface area contributed by atoms with Gasteiger partial charge in [0.15, 0.2) is 0 Å². The summed E-state index contributed by atoms with van der Waals surface area (Å²) in [6.45, 7) is 0. The summed E-state index contributed by atoms with van der Waals surface area (Å²) in [5.74, 6) is 0.836. The van der Waals surface area contributed by atoms with Crippen LogP contribution in [0.5, 0.6) is 5.75 Å². The van der Waals surface area contributed by atoms with E-state index >= 15 is 0 Å². The molecule has 0 spiro atoms. The van der Waals surface area contributed by atoms with Crippen LogP contribution >= 0.6 is 11.6 Å². The highest BCUT2D eigenvalue weighted by molar-refractivity contribution is 6.34. The standard InChI is InChI=1S/C23H16ClN3O4/c1-31-20-12-4-16(5-13-20)22-25-21(14-15-2-8-19(9-3-15)27(29)30)23(28)26(22)18-10-6-17(24)7-11-18/h2-14H,1H3. The smallest absolute Gasteiger partial charge is 0.282 e. The van der Waals surface area contributed by atoms with E-state index in [4.69, 9.17) is 16.3 Å². The van der Waals surface area contributed by atoms with Gasteiger partial charge >= 0.3 is 0 Å². The number of methoxy groups -OCH3 is 1. The second-order valence-electron chi connectivity index (χ2n) is 6.66. The number of carbonyl (C=O) groups is 1. The van der Waals surface area contributed by atoms with Crippen LogP contribution in [0.1, 0.15) is 11.1 Å². The van der Waals surface area contributed by atoms with Gasteiger partial charge in [0, 0.05) is 22.7 Å². The van der Waals surface area contributed by atoms with Gasteiger partial charge in [-0.1, -0.05) is 11.6 Å². The molecule has 4 rings (SSSR count). The highest BCUT2D eigenvalue weighted by Crippen LogP contribution is 2.29. The zero-order valence-corrected chi connectivity index (χ0v) is 17.1. The Morgan fingerprint density at radius 3 is 2.23 bits per heavy atom. The van der Waals surface area contributed by atoms with E-state index in [9.17, 15) is 14.9 Å². The van der Waals surface area contributed by atoms with Crippen LogP contribution in [0, 0.1) is 10.1 Å². The number of aliphatic imine (C=N–C) groups is 1. The molecular weight excluding hydrogens is 418 g/mol. The van der Waals surface area contributed by atoms with Crippen molar-refractivity contribution < 1.29 is 14.5 Å². The van der Waals surface area contributed by atoms with Gasteiger partial charge in [0.1, 0.15) is 17.3 Å². The first-order valence-electron chi connectivity index (χ1n) is 9.25. The van der Waals surface area contributed by atoms with Gasteiger partial charge in [-0.2, -0.15) is 0 Å². The van der Waals surface area contributed by atoms with E-state index in [1.165, 1.54) is 17.0 Å². The second kappa shape index (κ2) is 8.41. The van der Waals surface area contributed by atoms with Crippen LogP contribution in [0.15, 0.2) is 83.5 Å². The fourth-order valence-electron chi connectivity index (χ4n) is 3.13. The summed E-state index contributed by atoms with van der Waals surface area (Å²) in [6, 6.07) is 20.0. The SMILES string of the molecule is COc1ccc(C2=NC(=Cc3ccc([N+](=O)[O-])cc3)C(=O)N2c2ccc(Cl)cc2)cc1. The van der Waals surface area contributed by atoms with Crippen molar-refractivity contribution in [3.63, 3.8) is 0 Å². The highest BCUT2D eigenvalue weighted by atomic mass is 35.5. The number of rotatable bonds is 5. The number of nitro benzene ring substituents is 1. The first kappa shape index (κ1) is 20.3. The molecule has 31 heavy (non-hydrogen) atoms. The topological polar surface area (TPSA) is 85.0 Å². The van der Waals surface area contributed by atoms with Crippen LogP contribution in [0.25, 0.3) is 6.08 Å². The molecule has 1 aliphatic heterocycles. The minimum atomic E-state index is -0.472. The van der Waals surface area contributed by atoms with Crippen LogP contribution in [-0.2, 0) is 4.79 Å². The predicted molar refractivity (Wildman–Crippen MR) is 120 cm³/mol. The molecule has 1 aliphatic rings. The zero-order valence-electron chi connectivity index (χ0n) is 16.4. The fraction of sp³-hybridized carbons (Fsp3) is 0.0435. The average molecular weight is 434 g/mol. The summed E-state index contributed by atoms with van der Waals surface area (Å²) in [6.07, 6.45) is 1.60. The minimum absolute atomic E-state index is 0.0230. The number of halogens is 1. The lowest BCUT2D eigenvalue weighted by Crippen LogP contribution is -2.32. The Hall–Kier alpha value is -3.97. The number of benzene rings is 3. The summed E-state index contributed by atoms with van der Waals surface area (Å²) in [5, 5.41) is 11.4. The van der Waals surface area contributed by atoms with Crippen molar-refractivity contribution in [2.45, 2.75) is 0 Å². The molecule has 0 unspecified atom stereocenters. The monoisotopic (exact) mass is 433 g/mol. The van der Waals surface area contributed by atoms with Crippen molar-refractivity contribution in [2.24, 2.45) is 4.99 Å². The lowest BCUT2D eigenvalue weighted by Gasteiger charge is -2.18. The molecule has 0 saturated heterocycles. The predicted octanol–water partition coefficient (Wildman–Crippen LogP) is 5.09. The molecule has 0 fully saturated rings. The van der Waals surface area contributed by atoms with E-state index in [1.54, 1.807) is 61.7 Å². The van der Waals surface area contributed by atoms with Gasteiger partial charge in [-0.15, -0.1) is 0 Å². The molecule has 7 nitrogen and oxygen atoms in total. The maximum Gasteiger partial charge on any atom is 0.282 e. The highest BCUT2D eigenvalue weighted by Gasteiger charge is 2.32. The molecule has 0 N–H and O–H groups in total. The molecule has 0 bridgehead atoms. The number of nitrogens with zero attached hydrogens (tertiary/aromatic N) is 3. The van der Waals surface area contributed by atoms with Crippen molar-refractivity contribution in [1.29, 1.82) is 0 Å². The summed E-state index contributed by atoms with van der Waals surface area (Å²) in [5.41, 5.74) is 2.18. The van der Waals surface area contributed by atoms with Gasteiger partial charge in [0.05, 0.1) is 17.7 Å². The van der Waals surface area contributed by atoms with Crippen molar-refractivity contribution in [1.82, 2.24) is 0 Å². The number of non-ortho nitro benzene ring substituents is 1. The third-order valence-electron chi connectivity index (χ3n) is 4.70. The van der Waals surface area contributed by atoms with Crippen molar-refractivity contribution in [2.75, 3.05) is 12.0 Å². The lowest BCUT2D eigenvalue weighted by atomic mass is 10.1. The third kappa shape index (κ3) is 4.17. The molecular formula is C23H16ClN3O4. The Kier molecular flexibility index (Phi) is 5.51. The van der Waals surface area contributed by atoms with Crippen molar-refractivity contribution >= 4 is 40.8 Å². The molecule has 0 aromatic heterocycles. The second-order valence-corrected chi connectivity index (χ2v) is 7.10. The molecule has 8 heteroatoms. The molecule has 0 aliphatic carbocycles. The van der Waals surface area contributed by atoms with Gasteiger partial charge in [-0.3, -0.25) is 19.8 Å². The number of carbonyl (C=O) groups excluding carboxylic acids is 1. The summed E-state index contributed by atoms with van der Waals surface area (Å²) < 4.78 is 5.21. The Labute approximate surface area is 183 Å². The number of amidine groups is 1. The van der Waals surface area contributed by atoms with Gasteiger partial charge < -0.3 is 4.74 Å².